The smallest absolute Gasteiger partial charge is 0.159 e. The van der Waals surface area contributed by atoms with Gasteiger partial charge in [-0.15, -0.1) is 0 Å². The quantitative estimate of drug-likeness (QED) is 0.770. The first-order chi connectivity index (χ1) is 7.58. The highest BCUT2D eigenvalue weighted by atomic mass is 16.1. The summed E-state index contributed by atoms with van der Waals surface area (Å²) in [6.07, 6.45) is 2.21. The lowest BCUT2D eigenvalue weighted by molar-refractivity contribution is -0.116. The van der Waals surface area contributed by atoms with E-state index in [0.717, 1.165) is 27.9 Å². The number of nitrogens with zero attached hydrogens (tertiary/aromatic N) is 2. The molecule has 0 unspecified atom stereocenters. The van der Waals surface area contributed by atoms with Crippen LogP contribution in [0.3, 0.4) is 0 Å². The van der Waals surface area contributed by atoms with Gasteiger partial charge < -0.3 is 0 Å². The Bertz CT molecular complexity index is 561. The molecule has 0 bridgehead atoms. The molecule has 0 radical (unpaired) electrons. The molecule has 0 spiro atoms. The molecule has 0 N–H and O–H groups in total. The molecule has 0 atom stereocenters. The predicted molar refractivity (Wildman–Crippen MR) is 63.4 cm³/mol. The fraction of sp³-hybridized carbons (Fsp3) is 0.308. The molecule has 2 rings (SSSR count). The van der Waals surface area contributed by atoms with Crippen molar-refractivity contribution in [2.24, 2.45) is 0 Å². The first kappa shape index (κ1) is 10.7. The van der Waals surface area contributed by atoms with E-state index >= 15 is 0 Å². The maximum atomic E-state index is 11.1. The molecule has 0 aliphatic carbocycles. The van der Waals surface area contributed by atoms with Gasteiger partial charge in [-0.2, -0.15) is 0 Å². The van der Waals surface area contributed by atoms with Crippen molar-refractivity contribution in [1.82, 2.24) is 9.97 Å². The van der Waals surface area contributed by atoms with Crippen LogP contribution >= 0.6 is 0 Å². The van der Waals surface area contributed by atoms with Crippen molar-refractivity contribution in [3.8, 4) is 0 Å². The van der Waals surface area contributed by atoms with Gasteiger partial charge in [0.05, 0.1) is 0 Å². The van der Waals surface area contributed by atoms with E-state index in [1.54, 1.807) is 13.1 Å². The Kier molecular flexibility index (Phi) is 2.69. The van der Waals surface area contributed by atoms with Crippen molar-refractivity contribution in [3.63, 3.8) is 0 Å². The van der Waals surface area contributed by atoms with Crippen molar-refractivity contribution in [1.29, 1.82) is 0 Å². The number of ketones is 1. The average Bonchev–Trinajstić information content (AvgIpc) is 2.20. The molecule has 0 saturated heterocycles. The summed E-state index contributed by atoms with van der Waals surface area (Å²) < 4.78 is 0. The van der Waals surface area contributed by atoms with Crippen LogP contribution in [0.5, 0.6) is 0 Å². The Morgan fingerprint density at radius 1 is 1.38 bits per heavy atom. The lowest BCUT2D eigenvalue weighted by Crippen LogP contribution is -2.01. The number of hydrogen-bond acceptors (Lipinski definition) is 3. The van der Waals surface area contributed by atoms with Gasteiger partial charge in [-0.3, -0.25) is 4.79 Å². The highest BCUT2D eigenvalue weighted by molar-refractivity contribution is 5.83. The zero-order valence-electron chi connectivity index (χ0n) is 9.74. The number of carbonyl (C=O) groups is 1. The number of aryl methyl sites for hydroxylation is 2. The Labute approximate surface area is 94.5 Å². The Hall–Kier alpha value is -1.77. The third-order valence-corrected chi connectivity index (χ3v) is 2.68. The predicted octanol–water partition coefficient (Wildman–Crippen LogP) is 2.38. The molecule has 0 aliphatic rings. The third-order valence-electron chi connectivity index (χ3n) is 2.68. The van der Waals surface area contributed by atoms with Crippen LogP contribution in [0.15, 0.2) is 18.3 Å². The summed E-state index contributed by atoms with van der Waals surface area (Å²) in [5, 5.41) is 1.03. The summed E-state index contributed by atoms with van der Waals surface area (Å²) in [6.45, 7) is 5.54. The second-order valence-corrected chi connectivity index (χ2v) is 4.11. The second-order valence-electron chi connectivity index (χ2n) is 4.11. The maximum absolute atomic E-state index is 11.1. The lowest BCUT2D eigenvalue weighted by Gasteiger charge is -2.06. The highest BCUT2D eigenvalue weighted by Gasteiger charge is 2.07. The van der Waals surface area contributed by atoms with Gasteiger partial charge >= 0.3 is 0 Å². The van der Waals surface area contributed by atoms with Crippen LogP contribution in [0.2, 0.25) is 0 Å². The number of fused-ring (bicyclic) bond motifs is 1. The molecule has 2 heterocycles. The summed E-state index contributed by atoms with van der Waals surface area (Å²) in [6, 6.07) is 3.98. The molecule has 0 aromatic carbocycles. The van der Waals surface area contributed by atoms with E-state index in [1.807, 2.05) is 26.0 Å². The number of aromatic nitrogens is 2. The van der Waals surface area contributed by atoms with Gasteiger partial charge in [0.15, 0.2) is 5.65 Å². The molecule has 0 saturated carbocycles. The van der Waals surface area contributed by atoms with Crippen LogP contribution in [0.4, 0.5) is 0 Å². The number of Topliss-reactive ketones (excluding diaryl/α,β-unsaturated/α-hetero) is 1. The normalized spacial score (nSPS) is 10.7. The van der Waals surface area contributed by atoms with E-state index in [4.69, 9.17) is 0 Å². The number of hydrogen-bond donors (Lipinski definition) is 0. The van der Waals surface area contributed by atoms with Gasteiger partial charge in [0.1, 0.15) is 5.78 Å². The van der Waals surface area contributed by atoms with Crippen molar-refractivity contribution in [2.45, 2.75) is 27.2 Å². The Morgan fingerprint density at radius 2 is 2.12 bits per heavy atom. The van der Waals surface area contributed by atoms with Crippen LogP contribution in [-0.4, -0.2) is 15.8 Å². The summed E-state index contributed by atoms with van der Waals surface area (Å²) in [5.41, 5.74) is 3.78. The first-order valence-corrected chi connectivity index (χ1v) is 5.29. The molecule has 0 fully saturated rings. The van der Waals surface area contributed by atoms with Gasteiger partial charge in [-0.25, -0.2) is 9.97 Å². The van der Waals surface area contributed by atoms with Gasteiger partial charge in [0.25, 0.3) is 0 Å². The van der Waals surface area contributed by atoms with Crippen molar-refractivity contribution in [2.75, 3.05) is 0 Å². The molecule has 16 heavy (non-hydrogen) atoms. The van der Waals surface area contributed by atoms with E-state index in [1.165, 1.54) is 0 Å². The van der Waals surface area contributed by atoms with Crippen LogP contribution < -0.4 is 0 Å². The van der Waals surface area contributed by atoms with Gasteiger partial charge in [0, 0.05) is 23.7 Å². The molecule has 0 amide bonds. The standard InChI is InChI=1S/C13H14N2O/c1-8-4-5-14-13-12(8)7-11(6-9(2)16)10(3)15-13/h4-5,7H,6H2,1-3H3. The summed E-state index contributed by atoms with van der Waals surface area (Å²) in [7, 11) is 0. The van der Waals surface area contributed by atoms with E-state index < -0.39 is 0 Å². The van der Waals surface area contributed by atoms with Crippen molar-refractivity contribution < 1.29 is 4.79 Å². The SMILES string of the molecule is CC(=O)Cc1cc2c(C)ccnc2nc1C. The summed E-state index contributed by atoms with van der Waals surface area (Å²) in [5.74, 6) is 0.158. The van der Waals surface area contributed by atoms with Crippen LogP contribution in [-0.2, 0) is 11.2 Å². The van der Waals surface area contributed by atoms with Crippen LogP contribution in [0.1, 0.15) is 23.7 Å². The summed E-state index contributed by atoms with van der Waals surface area (Å²) in [4.78, 5) is 19.8. The zero-order chi connectivity index (χ0) is 11.7. The minimum atomic E-state index is 0.158. The summed E-state index contributed by atoms with van der Waals surface area (Å²) >= 11 is 0. The molecule has 2 aromatic heterocycles. The molecule has 2 aromatic rings. The molecule has 0 aliphatic heterocycles. The van der Waals surface area contributed by atoms with Crippen molar-refractivity contribution >= 4 is 16.8 Å². The lowest BCUT2D eigenvalue weighted by atomic mass is 10.0. The molecule has 82 valence electrons. The monoisotopic (exact) mass is 214 g/mol. The first-order valence-electron chi connectivity index (χ1n) is 5.29. The van der Waals surface area contributed by atoms with Crippen LogP contribution in [0.25, 0.3) is 11.0 Å². The largest absolute Gasteiger partial charge is 0.300 e. The Morgan fingerprint density at radius 3 is 2.81 bits per heavy atom. The van der Waals surface area contributed by atoms with E-state index in [-0.39, 0.29) is 5.78 Å². The van der Waals surface area contributed by atoms with Gasteiger partial charge in [0.2, 0.25) is 0 Å². The number of carbonyl (C=O) groups excluding carboxylic acids is 1. The second kappa shape index (κ2) is 4.00. The fourth-order valence-corrected chi connectivity index (χ4v) is 1.78. The Balaban J connectivity index is 2.64. The fourth-order valence-electron chi connectivity index (χ4n) is 1.78. The van der Waals surface area contributed by atoms with E-state index in [9.17, 15) is 4.79 Å². The molecule has 3 heteroatoms. The number of pyridine rings is 2. The van der Waals surface area contributed by atoms with Crippen molar-refractivity contribution in [3.05, 3.63) is 35.2 Å². The maximum Gasteiger partial charge on any atom is 0.159 e. The van der Waals surface area contributed by atoms with E-state index in [2.05, 4.69) is 9.97 Å². The van der Waals surface area contributed by atoms with Crippen LogP contribution in [0, 0.1) is 13.8 Å². The van der Waals surface area contributed by atoms with Gasteiger partial charge in [-0.1, -0.05) is 0 Å². The minimum absolute atomic E-state index is 0.158. The van der Waals surface area contributed by atoms with Gasteiger partial charge in [-0.05, 0) is 44.0 Å². The molecular formula is C13H14N2O. The van der Waals surface area contributed by atoms with E-state index in [0.29, 0.717) is 6.42 Å². The molecular weight excluding hydrogens is 200 g/mol. The average molecular weight is 214 g/mol. The zero-order valence-corrected chi connectivity index (χ0v) is 9.74. The topological polar surface area (TPSA) is 42.9 Å². The minimum Gasteiger partial charge on any atom is -0.300 e. The number of rotatable bonds is 2. The third kappa shape index (κ3) is 1.94. The molecule has 3 nitrogen and oxygen atoms in total. The highest BCUT2D eigenvalue weighted by Crippen LogP contribution is 2.18.